The van der Waals surface area contributed by atoms with Crippen LogP contribution in [0.3, 0.4) is 0 Å². The molecule has 0 radical (unpaired) electrons. The van der Waals surface area contributed by atoms with E-state index in [1.54, 1.807) is 15.9 Å². The lowest BCUT2D eigenvalue weighted by Crippen LogP contribution is -2.22. The fraction of sp³-hybridized carbons (Fsp3) is 0.240. The van der Waals surface area contributed by atoms with Crippen LogP contribution in [0.4, 0.5) is 0 Å². The quantitative estimate of drug-likeness (QED) is 0.298. The fourth-order valence-electron chi connectivity index (χ4n) is 4.17. The lowest BCUT2D eigenvalue weighted by Gasteiger charge is -2.18. The van der Waals surface area contributed by atoms with Crippen LogP contribution in [0.5, 0.6) is 0 Å². The predicted octanol–water partition coefficient (Wildman–Crippen LogP) is 5.74. The molecule has 0 fully saturated rings. The Balaban J connectivity index is 1.66. The molecule has 1 aliphatic rings. The molecule has 2 aromatic carbocycles. The van der Waals surface area contributed by atoms with Crippen LogP contribution in [0.1, 0.15) is 34.9 Å². The lowest BCUT2D eigenvalue weighted by atomic mass is 9.89. The molecular formula is C25H21N3OS2. The van der Waals surface area contributed by atoms with E-state index >= 15 is 0 Å². The zero-order valence-corrected chi connectivity index (χ0v) is 18.8. The molecule has 5 rings (SSSR count). The second kappa shape index (κ2) is 8.33. The lowest BCUT2D eigenvalue weighted by molar-refractivity contribution is 0.509. The number of hydrogen-bond donors (Lipinski definition) is 0. The Morgan fingerprint density at radius 2 is 1.97 bits per heavy atom. The molecule has 0 bridgehead atoms. The summed E-state index contributed by atoms with van der Waals surface area (Å²) in [6.07, 6.45) is 3.09. The SMILES string of the molecule is CC1CCc2c(sc3nc(SCc4ccccc4C#N)n(-c4ccccc4)c(=O)c23)C1. The van der Waals surface area contributed by atoms with Gasteiger partial charge in [0.1, 0.15) is 4.83 Å². The molecule has 6 heteroatoms. The molecule has 1 unspecified atom stereocenters. The van der Waals surface area contributed by atoms with E-state index in [0.29, 0.717) is 22.4 Å². The Labute approximate surface area is 189 Å². The highest BCUT2D eigenvalue weighted by molar-refractivity contribution is 7.98. The molecule has 0 spiro atoms. The zero-order valence-electron chi connectivity index (χ0n) is 17.2. The van der Waals surface area contributed by atoms with Crippen molar-refractivity contribution in [2.45, 2.75) is 37.1 Å². The van der Waals surface area contributed by atoms with Crippen molar-refractivity contribution in [2.75, 3.05) is 0 Å². The molecule has 0 saturated heterocycles. The van der Waals surface area contributed by atoms with Crippen molar-refractivity contribution in [2.24, 2.45) is 5.92 Å². The molecule has 0 amide bonds. The van der Waals surface area contributed by atoms with E-state index in [1.807, 2.05) is 54.6 Å². The molecule has 2 aromatic heterocycles. The summed E-state index contributed by atoms with van der Waals surface area (Å²) in [6.45, 7) is 2.27. The van der Waals surface area contributed by atoms with Crippen molar-refractivity contribution in [1.82, 2.24) is 9.55 Å². The number of fused-ring (bicyclic) bond motifs is 3. The van der Waals surface area contributed by atoms with Gasteiger partial charge in [0.15, 0.2) is 5.16 Å². The standard InChI is InChI=1S/C25H21N3OS2/c1-16-11-12-20-21(13-16)31-23-22(20)24(29)28(19-9-3-2-4-10-19)25(27-23)30-15-18-8-6-5-7-17(18)14-26/h2-10,16H,11-13,15H2,1H3. The van der Waals surface area contributed by atoms with Gasteiger partial charge in [-0.05, 0) is 54.5 Å². The third kappa shape index (κ3) is 3.69. The molecule has 154 valence electrons. The maximum atomic E-state index is 13.8. The third-order valence-electron chi connectivity index (χ3n) is 5.81. The zero-order chi connectivity index (χ0) is 21.4. The highest BCUT2D eigenvalue weighted by Gasteiger charge is 2.25. The highest BCUT2D eigenvalue weighted by Crippen LogP contribution is 2.37. The summed E-state index contributed by atoms with van der Waals surface area (Å²) in [5.41, 5.74) is 3.64. The van der Waals surface area contributed by atoms with Gasteiger partial charge in [0.05, 0.1) is 22.7 Å². The molecule has 31 heavy (non-hydrogen) atoms. The molecule has 2 heterocycles. The number of aryl methyl sites for hydroxylation is 1. The maximum absolute atomic E-state index is 13.8. The van der Waals surface area contributed by atoms with Gasteiger partial charge in [0.25, 0.3) is 5.56 Å². The fourth-order valence-corrected chi connectivity index (χ4v) is 6.61. The average Bonchev–Trinajstić information content (AvgIpc) is 3.16. The minimum Gasteiger partial charge on any atom is -0.268 e. The second-order valence-electron chi connectivity index (χ2n) is 7.96. The average molecular weight is 444 g/mol. The number of benzene rings is 2. The number of thiophene rings is 1. The Bertz CT molecular complexity index is 1370. The van der Waals surface area contributed by atoms with Crippen LogP contribution >= 0.6 is 23.1 Å². The van der Waals surface area contributed by atoms with Crippen molar-refractivity contribution in [3.05, 3.63) is 86.5 Å². The number of nitrogens with zero attached hydrogens (tertiary/aromatic N) is 3. The summed E-state index contributed by atoms with van der Waals surface area (Å²) in [5.74, 6) is 1.23. The Hall–Kier alpha value is -2.88. The smallest absolute Gasteiger partial charge is 0.267 e. The van der Waals surface area contributed by atoms with Crippen molar-refractivity contribution in [3.63, 3.8) is 0 Å². The van der Waals surface area contributed by atoms with E-state index in [0.717, 1.165) is 40.7 Å². The van der Waals surface area contributed by atoms with Gasteiger partial charge >= 0.3 is 0 Å². The van der Waals surface area contributed by atoms with Gasteiger partial charge < -0.3 is 0 Å². The monoisotopic (exact) mass is 443 g/mol. The molecule has 1 atom stereocenters. The molecule has 0 aliphatic heterocycles. The third-order valence-corrected chi connectivity index (χ3v) is 7.94. The van der Waals surface area contributed by atoms with Gasteiger partial charge in [0, 0.05) is 10.6 Å². The number of nitriles is 1. The first-order valence-corrected chi connectivity index (χ1v) is 12.2. The van der Waals surface area contributed by atoms with Gasteiger partial charge in [0.2, 0.25) is 0 Å². The van der Waals surface area contributed by atoms with E-state index in [1.165, 1.54) is 22.2 Å². The van der Waals surface area contributed by atoms with E-state index in [2.05, 4.69) is 13.0 Å². The molecule has 0 saturated carbocycles. The van der Waals surface area contributed by atoms with Crippen molar-refractivity contribution < 1.29 is 0 Å². The molecule has 1 aliphatic carbocycles. The summed E-state index contributed by atoms with van der Waals surface area (Å²) < 4.78 is 1.74. The number of thioether (sulfide) groups is 1. The van der Waals surface area contributed by atoms with Crippen LogP contribution < -0.4 is 5.56 Å². The number of aromatic nitrogens is 2. The van der Waals surface area contributed by atoms with Crippen molar-refractivity contribution in [1.29, 1.82) is 5.26 Å². The van der Waals surface area contributed by atoms with E-state index in [-0.39, 0.29) is 5.56 Å². The van der Waals surface area contributed by atoms with Crippen LogP contribution in [0.25, 0.3) is 15.9 Å². The molecular weight excluding hydrogens is 422 g/mol. The Morgan fingerprint density at radius 1 is 1.19 bits per heavy atom. The van der Waals surface area contributed by atoms with Gasteiger partial charge in [-0.25, -0.2) is 4.98 Å². The molecule has 0 N–H and O–H groups in total. The van der Waals surface area contributed by atoms with E-state index in [4.69, 9.17) is 4.98 Å². The van der Waals surface area contributed by atoms with E-state index < -0.39 is 0 Å². The van der Waals surface area contributed by atoms with Crippen molar-refractivity contribution >= 4 is 33.3 Å². The number of para-hydroxylation sites is 1. The summed E-state index contributed by atoms with van der Waals surface area (Å²) in [6, 6.07) is 19.6. The van der Waals surface area contributed by atoms with Crippen LogP contribution in [-0.2, 0) is 18.6 Å². The molecule has 4 nitrogen and oxygen atoms in total. The second-order valence-corrected chi connectivity index (χ2v) is 9.99. The van der Waals surface area contributed by atoms with Gasteiger partial charge in [-0.15, -0.1) is 11.3 Å². The van der Waals surface area contributed by atoms with Gasteiger partial charge in [-0.1, -0.05) is 55.1 Å². The first kappa shape index (κ1) is 20.0. The summed E-state index contributed by atoms with van der Waals surface area (Å²) in [7, 11) is 0. The first-order valence-electron chi connectivity index (χ1n) is 10.4. The normalized spacial score (nSPS) is 15.5. The predicted molar refractivity (Wildman–Crippen MR) is 127 cm³/mol. The van der Waals surface area contributed by atoms with Gasteiger partial charge in [-0.3, -0.25) is 9.36 Å². The topological polar surface area (TPSA) is 58.7 Å². The molecule has 4 aromatic rings. The van der Waals surface area contributed by atoms with Crippen LogP contribution in [0.2, 0.25) is 0 Å². The number of hydrogen-bond acceptors (Lipinski definition) is 5. The minimum absolute atomic E-state index is 0.0133. The Kier molecular flexibility index (Phi) is 5.39. The Morgan fingerprint density at radius 3 is 2.77 bits per heavy atom. The van der Waals surface area contributed by atoms with Crippen molar-refractivity contribution in [3.8, 4) is 11.8 Å². The largest absolute Gasteiger partial charge is 0.268 e. The van der Waals surface area contributed by atoms with E-state index in [9.17, 15) is 10.1 Å². The minimum atomic E-state index is 0.0133. The van der Waals surface area contributed by atoms with Crippen LogP contribution in [0, 0.1) is 17.2 Å². The first-order chi connectivity index (χ1) is 15.2. The van der Waals surface area contributed by atoms with Crippen LogP contribution in [-0.4, -0.2) is 9.55 Å². The highest BCUT2D eigenvalue weighted by atomic mass is 32.2. The summed E-state index contributed by atoms with van der Waals surface area (Å²) >= 11 is 3.18. The van der Waals surface area contributed by atoms with Gasteiger partial charge in [-0.2, -0.15) is 5.26 Å². The maximum Gasteiger partial charge on any atom is 0.267 e. The summed E-state index contributed by atoms with van der Waals surface area (Å²) in [4.78, 5) is 20.9. The summed E-state index contributed by atoms with van der Waals surface area (Å²) in [5, 5.41) is 10.9. The number of rotatable bonds is 4. The van der Waals surface area contributed by atoms with Crippen LogP contribution in [0.15, 0.2) is 64.5 Å².